The van der Waals surface area contributed by atoms with Crippen molar-refractivity contribution in [3.05, 3.63) is 11.4 Å². The van der Waals surface area contributed by atoms with Crippen molar-refractivity contribution >= 4 is 23.9 Å². The van der Waals surface area contributed by atoms with Crippen molar-refractivity contribution in [2.24, 2.45) is 22.3 Å². The third-order valence-electron chi connectivity index (χ3n) is 8.20. The van der Waals surface area contributed by atoms with Gasteiger partial charge in [-0.05, 0) is 43.9 Å². The van der Waals surface area contributed by atoms with Crippen molar-refractivity contribution in [1.29, 1.82) is 0 Å². The van der Waals surface area contributed by atoms with Crippen LogP contribution in [0, 0.1) is 10.8 Å². The molecule has 0 radical (unpaired) electrons. The molecule has 3 heterocycles. The number of nitrogens with zero attached hydrogens (tertiary/aromatic N) is 3. The second kappa shape index (κ2) is 9.89. The summed E-state index contributed by atoms with van der Waals surface area (Å²) in [7, 11) is 0. The quantitative estimate of drug-likeness (QED) is 0.375. The van der Waals surface area contributed by atoms with Gasteiger partial charge in [0.15, 0.2) is 6.23 Å². The van der Waals surface area contributed by atoms with Crippen molar-refractivity contribution < 1.29 is 29.0 Å². The highest BCUT2D eigenvalue weighted by Crippen LogP contribution is 2.41. The molecule has 2 atom stereocenters. The summed E-state index contributed by atoms with van der Waals surface area (Å²) in [5, 5.41) is 13.1. The normalized spacial score (nSPS) is 33.5. The topological polar surface area (TPSA) is 172 Å². The van der Waals surface area contributed by atoms with E-state index in [9.17, 15) is 24.3 Å². The molecule has 1 saturated carbocycles. The number of aliphatic hydroxyl groups excluding tert-OH is 1. The highest BCUT2D eigenvalue weighted by Gasteiger charge is 2.51. The van der Waals surface area contributed by atoms with E-state index in [-0.39, 0.29) is 35.3 Å². The minimum absolute atomic E-state index is 0.155. The van der Waals surface area contributed by atoms with E-state index in [1.54, 1.807) is 4.90 Å². The zero-order valence-corrected chi connectivity index (χ0v) is 21.1. The number of unbranched alkanes of at least 4 members (excludes halogenated alkanes) is 1. The summed E-state index contributed by atoms with van der Waals surface area (Å²) in [4.78, 5) is 55.7. The lowest BCUT2D eigenvalue weighted by atomic mass is 9.72. The molecule has 4 rings (SSSR count). The first kappa shape index (κ1) is 26.2. The maximum Gasteiger partial charge on any atom is 0.329 e. The fourth-order valence-corrected chi connectivity index (χ4v) is 5.90. The monoisotopic (exact) mass is 506 g/mol. The van der Waals surface area contributed by atoms with Crippen molar-refractivity contribution in [2.75, 3.05) is 32.8 Å². The van der Waals surface area contributed by atoms with Crippen LogP contribution in [-0.4, -0.2) is 88.8 Å². The maximum absolute atomic E-state index is 13.3. The number of carbonyl (C=O) groups is 4. The van der Waals surface area contributed by atoms with E-state index in [0.717, 1.165) is 6.42 Å². The first-order valence-electron chi connectivity index (χ1n) is 12.8. The van der Waals surface area contributed by atoms with E-state index in [4.69, 9.17) is 16.2 Å². The molecule has 1 unspecified atom stereocenters. The van der Waals surface area contributed by atoms with Crippen LogP contribution in [0.2, 0.25) is 0 Å². The van der Waals surface area contributed by atoms with Crippen LogP contribution in [0.3, 0.4) is 0 Å². The Balaban J connectivity index is 1.45. The molecule has 1 spiro atoms. The molecule has 6 amide bonds. The van der Waals surface area contributed by atoms with Gasteiger partial charge in [-0.25, -0.2) is 9.59 Å². The van der Waals surface area contributed by atoms with Crippen LogP contribution >= 0.6 is 0 Å². The van der Waals surface area contributed by atoms with E-state index in [2.05, 4.69) is 12.2 Å². The van der Waals surface area contributed by atoms with Crippen LogP contribution in [0.4, 0.5) is 9.59 Å². The summed E-state index contributed by atoms with van der Waals surface area (Å²) in [5.74, 6) is -1.20. The SMILES string of the molecule is CCCCN1C(=O)N(C2CCC(C)(CN3C[C@]4(CCOC4)C(=O)NC3=O)CC2)C(=O)C(=C(N)N)C1O. The number of imide groups is 2. The van der Waals surface area contributed by atoms with Crippen LogP contribution < -0.4 is 16.8 Å². The molecule has 4 fully saturated rings. The van der Waals surface area contributed by atoms with Gasteiger partial charge in [0, 0.05) is 32.3 Å². The van der Waals surface area contributed by atoms with Gasteiger partial charge >= 0.3 is 12.1 Å². The predicted octanol–water partition coefficient (Wildman–Crippen LogP) is 0.406. The number of hydrogen-bond acceptors (Lipinski definition) is 8. The van der Waals surface area contributed by atoms with E-state index in [0.29, 0.717) is 64.8 Å². The van der Waals surface area contributed by atoms with Gasteiger partial charge in [-0.15, -0.1) is 0 Å². The molecule has 36 heavy (non-hydrogen) atoms. The summed E-state index contributed by atoms with van der Waals surface area (Å²) in [5.41, 5.74) is 10.4. The maximum atomic E-state index is 13.3. The molecule has 3 aliphatic heterocycles. The number of rotatable bonds is 6. The highest BCUT2D eigenvalue weighted by molar-refractivity contribution is 6.08. The van der Waals surface area contributed by atoms with Crippen molar-refractivity contribution in [3.63, 3.8) is 0 Å². The predicted molar refractivity (Wildman–Crippen MR) is 129 cm³/mol. The Morgan fingerprint density at radius 3 is 2.44 bits per heavy atom. The molecule has 3 saturated heterocycles. The Morgan fingerprint density at radius 1 is 1.17 bits per heavy atom. The summed E-state index contributed by atoms with van der Waals surface area (Å²) < 4.78 is 5.46. The van der Waals surface area contributed by atoms with Crippen molar-refractivity contribution in [1.82, 2.24) is 20.0 Å². The minimum atomic E-state index is -1.46. The van der Waals surface area contributed by atoms with Gasteiger partial charge in [0.25, 0.3) is 5.91 Å². The summed E-state index contributed by atoms with van der Waals surface area (Å²) in [6.45, 7) is 5.94. The van der Waals surface area contributed by atoms with Crippen LogP contribution in [-0.2, 0) is 14.3 Å². The largest absolute Gasteiger partial charge is 0.385 e. The fourth-order valence-electron chi connectivity index (χ4n) is 5.90. The lowest BCUT2D eigenvalue weighted by Gasteiger charge is -2.48. The average molecular weight is 507 g/mol. The summed E-state index contributed by atoms with van der Waals surface area (Å²) in [6, 6.07) is -1.29. The zero-order valence-electron chi connectivity index (χ0n) is 21.1. The molecule has 0 aromatic carbocycles. The number of urea groups is 2. The van der Waals surface area contributed by atoms with E-state index < -0.39 is 29.6 Å². The minimum Gasteiger partial charge on any atom is -0.385 e. The number of ether oxygens (including phenoxy) is 1. The molecule has 12 nitrogen and oxygen atoms in total. The highest BCUT2D eigenvalue weighted by atomic mass is 16.5. The third-order valence-corrected chi connectivity index (χ3v) is 8.20. The standard InChI is InChI=1S/C24H38N6O6/c1-3-4-10-29-18(31)16(17(25)26)19(32)30(22(29)35)15-5-7-23(2,8-6-15)12-28-13-24(9-11-36-14-24)20(33)27-21(28)34/h15,18,31H,3-14,25-26H2,1-2H3,(H,27,33,34)/t15?,18?,23?,24-/m0/s1. The number of hydrogen-bond donors (Lipinski definition) is 4. The molecular formula is C24H38N6O6. The van der Waals surface area contributed by atoms with Crippen LogP contribution in [0.25, 0.3) is 0 Å². The van der Waals surface area contributed by atoms with E-state index in [1.165, 1.54) is 9.80 Å². The second-order valence-electron chi connectivity index (χ2n) is 11.0. The van der Waals surface area contributed by atoms with Gasteiger partial charge in [-0.3, -0.25) is 24.7 Å². The first-order chi connectivity index (χ1) is 17.0. The van der Waals surface area contributed by atoms with E-state index >= 15 is 0 Å². The smallest absolute Gasteiger partial charge is 0.329 e. The van der Waals surface area contributed by atoms with Crippen LogP contribution in [0.1, 0.15) is 58.8 Å². The van der Waals surface area contributed by atoms with Crippen LogP contribution in [0.15, 0.2) is 11.4 Å². The van der Waals surface area contributed by atoms with Crippen molar-refractivity contribution in [2.45, 2.75) is 71.1 Å². The Labute approximate surface area is 210 Å². The number of aliphatic hydroxyl groups is 1. The molecule has 6 N–H and O–H groups in total. The Bertz CT molecular complexity index is 949. The van der Waals surface area contributed by atoms with Gasteiger partial charge in [-0.1, -0.05) is 20.3 Å². The fraction of sp³-hybridized carbons (Fsp3) is 0.750. The van der Waals surface area contributed by atoms with Crippen LogP contribution in [0.5, 0.6) is 0 Å². The molecule has 0 aromatic heterocycles. The Kier molecular flexibility index (Phi) is 7.20. The molecule has 200 valence electrons. The Hall–Kier alpha value is -2.86. The summed E-state index contributed by atoms with van der Waals surface area (Å²) in [6.07, 6.45) is 3.04. The Morgan fingerprint density at radius 2 is 1.86 bits per heavy atom. The van der Waals surface area contributed by atoms with Crippen molar-refractivity contribution in [3.8, 4) is 0 Å². The van der Waals surface area contributed by atoms with Gasteiger partial charge < -0.3 is 26.2 Å². The number of nitrogens with one attached hydrogen (secondary N) is 1. The second-order valence-corrected chi connectivity index (χ2v) is 11.0. The third kappa shape index (κ3) is 4.63. The van der Waals surface area contributed by atoms with Gasteiger partial charge in [0.1, 0.15) is 11.4 Å². The number of carbonyl (C=O) groups excluding carboxylic acids is 4. The van der Waals surface area contributed by atoms with Gasteiger partial charge in [-0.2, -0.15) is 0 Å². The van der Waals surface area contributed by atoms with Gasteiger partial charge in [0.05, 0.1) is 12.0 Å². The lowest BCUT2D eigenvalue weighted by molar-refractivity contribution is -0.134. The molecule has 0 aromatic rings. The number of nitrogens with two attached hydrogens (primary N) is 2. The molecule has 12 heteroatoms. The molecule has 0 bridgehead atoms. The first-order valence-corrected chi connectivity index (χ1v) is 12.8. The summed E-state index contributed by atoms with van der Waals surface area (Å²) >= 11 is 0. The molecular weight excluding hydrogens is 468 g/mol. The lowest BCUT2D eigenvalue weighted by Crippen LogP contribution is -2.63. The molecule has 4 aliphatic rings. The van der Waals surface area contributed by atoms with Gasteiger partial charge in [0.2, 0.25) is 5.91 Å². The van der Waals surface area contributed by atoms with E-state index in [1.807, 2.05) is 6.92 Å². The molecule has 1 aliphatic carbocycles. The number of amides is 6. The average Bonchev–Trinajstić information content (AvgIpc) is 3.28. The zero-order chi connectivity index (χ0) is 26.3.